The Morgan fingerprint density at radius 1 is 0.789 bits per heavy atom. The summed E-state index contributed by atoms with van der Waals surface area (Å²) >= 11 is 0. The van der Waals surface area contributed by atoms with Gasteiger partial charge < -0.3 is 4.74 Å². The minimum absolute atomic E-state index is 0.0905. The molecule has 1 saturated heterocycles. The minimum atomic E-state index is -4.42. The van der Waals surface area contributed by atoms with Crippen molar-refractivity contribution in [2.75, 3.05) is 6.54 Å². The number of ether oxygens (including phenoxy) is 1. The molecule has 1 aliphatic rings. The molecule has 0 N–H and O–H groups in total. The molecule has 7 nitrogen and oxygen atoms in total. The van der Waals surface area contributed by atoms with Gasteiger partial charge in [0.25, 0.3) is 20.0 Å². The van der Waals surface area contributed by atoms with Gasteiger partial charge in [-0.15, -0.1) is 0 Å². The summed E-state index contributed by atoms with van der Waals surface area (Å²) in [5, 5.41) is 0. The first kappa shape index (κ1) is 28.0. The first-order valence-corrected chi connectivity index (χ1v) is 15.6. The van der Waals surface area contributed by atoms with Crippen molar-refractivity contribution in [1.29, 1.82) is 0 Å². The second-order valence-corrected chi connectivity index (χ2v) is 13.7. The first-order valence-electron chi connectivity index (χ1n) is 12.7. The van der Waals surface area contributed by atoms with Gasteiger partial charge in [-0.25, -0.2) is 21.8 Å². The average molecular weight is 555 g/mol. The van der Waals surface area contributed by atoms with Crippen LogP contribution in [0.1, 0.15) is 44.2 Å². The fraction of sp³-hybridized carbons (Fsp3) is 0.345. The van der Waals surface area contributed by atoms with Crippen LogP contribution < -0.4 is 0 Å². The van der Waals surface area contributed by atoms with E-state index < -0.39 is 31.6 Å². The summed E-state index contributed by atoms with van der Waals surface area (Å²) < 4.78 is 62.3. The van der Waals surface area contributed by atoms with Crippen LogP contribution >= 0.6 is 0 Å². The Kier molecular flexibility index (Phi) is 8.11. The van der Waals surface area contributed by atoms with Crippen molar-refractivity contribution in [3.8, 4) is 0 Å². The van der Waals surface area contributed by atoms with Crippen molar-refractivity contribution < 1.29 is 21.6 Å². The van der Waals surface area contributed by atoms with Crippen LogP contribution in [-0.2, 0) is 24.8 Å². The molecule has 1 atom stereocenters. The van der Waals surface area contributed by atoms with E-state index in [4.69, 9.17) is 9.73 Å². The highest BCUT2D eigenvalue weighted by Crippen LogP contribution is 2.43. The second-order valence-electron chi connectivity index (χ2n) is 9.78. The molecule has 202 valence electrons. The van der Waals surface area contributed by atoms with Crippen molar-refractivity contribution >= 4 is 31.6 Å². The Hall–Kier alpha value is -3.01. The number of aliphatic imine (C=N–C) groups is 1. The first-order chi connectivity index (χ1) is 18.0. The van der Waals surface area contributed by atoms with Gasteiger partial charge in [0.2, 0.25) is 0 Å². The molecule has 3 aromatic carbocycles. The Balaban J connectivity index is 1.77. The molecule has 1 aliphatic heterocycles. The zero-order valence-electron chi connectivity index (χ0n) is 22.2. The van der Waals surface area contributed by atoms with Gasteiger partial charge in [-0.2, -0.15) is 0 Å². The Bertz CT molecular complexity index is 1420. The summed E-state index contributed by atoms with van der Waals surface area (Å²) in [7, 11) is -8.85. The van der Waals surface area contributed by atoms with Gasteiger partial charge in [-0.1, -0.05) is 71.1 Å². The molecule has 1 unspecified atom stereocenters. The van der Waals surface area contributed by atoms with E-state index in [1.54, 1.807) is 24.3 Å². The lowest BCUT2D eigenvalue weighted by Crippen LogP contribution is -2.42. The van der Waals surface area contributed by atoms with E-state index >= 15 is 0 Å². The molecule has 3 aromatic rings. The maximum atomic E-state index is 13.9. The lowest BCUT2D eigenvalue weighted by molar-refractivity contribution is 0.199. The topological polar surface area (TPSA) is 93.1 Å². The molecule has 0 aromatic heterocycles. The maximum absolute atomic E-state index is 13.9. The van der Waals surface area contributed by atoms with Gasteiger partial charge in [0.15, 0.2) is 5.90 Å². The molecule has 0 amide bonds. The van der Waals surface area contributed by atoms with Gasteiger partial charge in [-0.05, 0) is 69.5 Å². The van der Waals surface area contributed by atoms with Crippen molar-refractivity contribution in [3.63, 3.8) is 0 Å². The van der Waals surface area contributed by atoms with Crippen molar-refractivity contribution in [2.24, 2.45) is 10.4 Å². The fourth-order valence-electron chi connectivity index (χ4n) is 4.70. The molecule has 1 heterocycles. The summed E-state index contributed by atoms with van der Waals surface area (Å²) in [6.07, 6.45) is 1.20. The number of hydrogen-bond acceptors (Lipinski definition) is 6. The van der Waals surface area contributed by atoms with Gasteiger partial charge in [0.05, 0.1) is 22.0 Å². The lowest BCUT2D eigenvalue weighted by atomic mass is 9.79. The van der Waals surface area contributed by atoms with Crippen LogP contribution in [0, 0.1) is 19.3 Å². The molecule has 9 heteroatoms. The summed E-state index contributed by atoms with van der Waals surface area (Å²) in [6.45, 7) is 7.40. The van der Waals surface area contributed by atoms with E-state index in [0.29, 0.717) is 16.0 Å². The minimum Gasteiger partial charge on any atom is -0.476 e. The number of sulfonamides is 2. The molecule has 0 aliphatic carbocycles. The number of rotatable bonds is 9. The zero-order valence-corrected chi connectivity index (χ0v) is 23.8. The van der Waals surface area contributed by atoms with Gasteiger partial charge in [-0.3, -0.25) is 0 Å². The molecule has 1 fully saturated rings. The molecule has 4 rings (SSSR count). The molecule has 0 spiro atoms. The Morgan fingerprint density at radius 3 is 1.71 bits per heavy atom. The summed E-state index contributed by atoms with van der Waals surface area (Å²) in [5.41, 5.74) is 2.04. The highest BCUT2D eigenvalue weighted by atomic mass is 32.3. The predicted molar refractivity (Wildman–Crippen MR) is 149 cm³/mol. The van der Waals surface area contributed by atoms with Gasteiger partial charge >= 0.3 is 0 Å². The number of para-hydroxylation sites is 1. The Labute approximate surface area is 226 Å². The van der Waals surface area contributed by atoms with E-state index in [0.717, 1.165) is 29.7 Å². The van der Waals surface area contributed by atoms with Crippen LogP contribution in [-0.4, -0.2) is 39.1 Å². The summed E-state index contributed by atoms with van der Waals surface area (Å²) in [4.78, 5) is 4.57. The summed E-state index contributed by atoms with van der Waals surface area (Å²) in [6, 6.07) is 21.8. The number of benzene rings is 3. The van der Waals surface area contributed by atoms with Crippen molar-refractivity contribution in [1.82, 2.24) is 3.71 Å². The molecule has 0 bridgehead atoms. The normalized spacial score (nSPS) is 18.6. The van der Waals surface area contributed by atoms with E-state index in [1.165, 1.54) is 24.3 Å². The molecule has 0 saturated carbocycles. The molecule has 38 heavy (non-hydrogen) atoms. The van der Waals surface area contributed by atoms with Crippen LogP contribution in [0.4, 0.5) is 5.69 Å². The van der Waals surface area contributed by atoms with Crippen LogP contribution in [0.3, 0.4) is 0 Å². The molecular weight excluding hydrogens is 520 g/mol. The van der Waals surface area contributed by atoms with E-state index in [2.05, 4.69) is 0 Å². The molecule has 0 radical (unpaired) electrons. The Morgan fingerprint density at radius 2 is 1.26 bits per heavy atom. The van der Waals surface area contributed by atoms with Crippen LogP contribution in [0.5, 0.6) is 0 Å². The van der Waals surface area contributed by atoms with Crippen molar-refractivity contribution in [3.05, 3.63) is 90.0 Å². The highest BCUT2D eigenvalue weighted by Gasteiger charge is 2.48. The van der Waals surface area contributed by atoms with E-state index in [-0.39, 0.29) is 16.3 Å². The van der Waals surface area contributed by atoms with E-state index in [9.17, 15) is 16.8 Å². The second kappa shape index (κ2) is 11.0. The highest BCUT2D eigenvalue weighted by molar-refractivity contribution is 8.04. The summed E-state index contributed by atoms with van der Waals surface area (Å²) in [5.74, 6) is 0.513. The lowest BCUT2D eigenvalue weighted by Gasteiger charge is -2.25. The van der Waals surface area contributed by atoms with Crippen LogP contribution in [0.15, 0.2) is 93.6 Å². The maximum Gasteiger partial charge on any atom is 0.256 e. The smallest absolute Gasteiger partial charge is 0.256 e. The third-order valence-electron chi connectivity index (χ3n) is 7.22. The fourth-order valence-corrected chi connectivity index (χ4v) is 8.41. The largest absolute Gasteiger partial charge is 0.476 e. The monoisotopic (exact) mass is 554 g/mol. The standard InChI is InChI=1S/C29H34N2O5S2/c1-5-29(6-2)20-25(36-28(29)30-24-10-8-7-9-11-24)21-31(37(32,33)26-16-12-22(3)13-17-26)38(34,35)27-18-14-23(4)15-19-27/h7-19,25H,5-6,20-21H2,1-4H3/b30-28-. The quantitative estimate of drug-likeness (QED) is 0.323. The zero-order chi connectivity index (χ0) is 27.6. The van der Waals surface area contributed by atoms with Crippen molar-refractivity contribution in [2.45, 2.75) is 62.9 Å². The van der Waals surface area contributed by atoms with Crippen LogP contribution in [0.25, 0.3) is 0 Å². The van der Waals surface area contributed by atoms with E-state index in [1.807, 2.05) is 58.0 Å². The van der Waals surface area contributed by atoms with Gasteiger partial charge in [0, 0.05) is 5.41 Å². The SMILES string of the molecule is CCC1(CC)CC(CN(S(=O)(=O)c2ccc(C)cc2)S(=O)(=O)c2ccc(C)cc2)O/C1=N\c1ccccc1. The van der Waals surface area contributed by atoms with Gasteiger partial charge in [0.1, 0.15) is 6.10 Å². The average Bonchev–Trinajstić information content (AvgIpc) is 3.25. The molecular formula is C29H34N2O5S2. The third-order valence-corrected chi connectivity index (χ3v) is 11.5. The number of hydrogen-bond donors (Lipinski definition) is 0. The predicted octanol–water partition coefficient (Wildman–Crippen LogP) is 6.01. The van der Waals surface area contributed by atoms with Crippen LogP contribution in [0.2, 0.25) is 0 Å². The number of nitrogens with zero attached hydrogens (tertiary/aromatic N) is 2. The third kappa shape index (κ3) is 5.55. The number of aryl methyl sites for hydroxylation is 2.